The molecule has 3 aromatic carbocycles. The van der Waals surface area contributed by atoms with Crippen LogP contribution in [0.2, 0.25) is 0 Å². The summed E-state index contributed by atoms with van der Waals surface area (Å²) in [6.07, 6.45) is -0.420. The zero-order valence-corrected chi connectivity index (χ0v) is 19.6. The van der Waals surface area contributed by atoms with E-state index >= 15 is 0 Å². The molecule has 1 aliphatic heterocycles. The van der Waals surface area contributed by atoms with Gasteiger partial charge in [0, 0.05) is 18.7 Å². The van der Waals surface area contributed by atoms with Gasteiger partial charge in [0.2, 0.25) is 0 Å². The van der Waals surface area contributed by atoms with Gasteiger partial charge in [0.05, 0.1) is 12.6 Å². The number of hydrogen-bond acceptors (Lipinski definition) is 6. The van der Waals surface area contributed by atoms with Gasteiger partial charge in [-0.3, -0.25) is 4.79 Å². The SMILES string of the molecule is Cc1cc(C(=O)N2CC(O)C2)ccc1-c1cccc(COc2ccc(Cn3oc(=O)[nH]c3=O)cc2)c1. The highest BCUT2D eigenvalue weighted by atomic mass is 16.5. The van der Waals surface area contributed by atoms with Crippen molar-refractivity contribution in [3.05, 3.63) is 110 Å². The highest BCUT2D eigenvalue weighted by molar-refractivity contribution is 5.95. The Labute approximate surface area is 206 Å². The number of likely N-dealkylation sites (tertiary alicyclic amines) is 1. The van der Waals surface area contributed by atoms with Crippen molar-refractivity contribution in [3.8, 4) is 16.9 Å². The number of nitrogens with zero attached hydrogens (tertiary/aromatic N) is 2. The van der Waals surface area contributed by atoms with Crippen LogP contribution in [-0.4, -0.2) is 44.8 Å². The minimum absolute atomic E-state index is 0.0622. The van der Waals surface area contributed by atoms with Gasteiger partial charge in [0.15, 0.2) is 0 Å². The van der Waals surface area contributed by atoms with E-state index in [2.05, 4.69) is 11.1 Å². The average Bonchev–Trinajstić information content (AvgIpc) is 3.17. The fourth-order valence-electron chi connectivity index (χ4n) is 4.19. The Bertz CT molecular complexity index is 1510. The third kappa shape index (κ3) is 5.01. The lowest BCUT2D eigenvalue weighted by molar-refractivity contribution is 0.00589. The molecule has 5 rings (SSSR count). The van der Waals surface area contributed by atoms with E-state index in [1.54, 1.807) is 29.2 Å². The van der Waals surface area contributed by atoms with Crippen LogP contribution in [0, 0.1) is 6.92 Å². The van der Waals surface area contributed by atoms with Gasteiger partial charge in [-0.25, -0.2) is 14.6 Å². The number of carbonyl (C=O) groups is 1. The number of amides is 1. The third-order valence-corrected chi connectivity index (χ3v) is 6.14. The number of aliphatic hydroxyl groups excluding tert-OH is 1. The van der Waals surface area contributed by atoms with E-state index in [9.17, 15) is 19.5 Å². The topological polar surface area (TPSA) is 118 Å². The molecule has 2 heterocycles. The van der Waals surface area contributed by atoms with Crippen molar-refractivity contribution in [1.29, 1.82) is 0 Å². The van der Waals surface area contributed by atoms with E-state index in [1.165, 1.54) is 0 Å². The summed E-state index contributed by atoms with van der Waals surface area (Å²) in [6.45, 7) is 3.26. The number of aliphatic hydroxyl groups is 1. The molecule has 1 fully saturated rings. The smallest absolute Gasteiger partial charge is 0.440 e. The van der Waals surface area contributed by atoms with Crippen LogP contribution in [0.3, 0.4) is 0 Å². The number of aromatic amines is 1. The van der Waals surface area contributed by atoms with Crippen molar-refractivity contribution < 1.29 is 19.2 Å². The van der Waals surface area contributed by atoms with E-state index in [0.29, 0.717) is 31.0 Å². The molecular formula is C27H25N3O6. The van der Waals surface area contributed by atoms with Gasteiger partial charge < -0.3 is 19.3 Å². The van der Waals surface area contributed by atoms with Crippen LogP contribution in [0.15, 0.2) is 80.8 Å². The molecule has 184 valence electrons. The second-order valence-electron chi connectivity index (χ2n) is 8.87. The van der Waals surface area contributed by atoms with E-state index < -0.39 is 17.5 Å². The number of hydrogen-bond donors (Lipinski definition) is 2. The third-order valence-electron chi connectivity index (χ3n) is 6.14. The maximum atomic E-state index is 12.5. The van der Waals surface area contributed by atoms with Crippen molar-refractivity contribution >= 4 is 5.91 Å². The molecule has 0 aliphatic carbocycles. The summed E-state index contributed by atoms with van der Waals surface area (Å²) in [4.78, 5) is 38.9. The molecule has 36 heavy (non-hydrogen) atoms. The highest BCUT2D eigenvalue weighted by Crippen LogP contribution is 2.27. The molecule has 0 atom stereocenters. The Balaban J connectivity index is 1.23. The summed E-state index contributed by atoms with van der Waals surface area (Å²) >= 11 is 0. The van der Waals surface area contributed by atoms with Crippen LogP contribution in [0.1, 0.15) is 27.0 Å². The molecule has 0 saturated carbocycles. The fourth-order valence-corrected chi connectivity index (χ4v) is 4.19. The Morgan fingerprint density at radius 2 is 1.83 bits per heavy atom. The predicted octanol–water partition coefficient (Wildman–Crippen LogP) is 2.55. The summed E-state index contributed by atoms with van der Waals surface area (Å²) < 4.78 is 11.7. The maximum Gasteiger partial charge on any atom is 0.440 e. The average molecular weight is 488 g/mol. The van der Waals surface area contributed by atoms with Crippen molar-refractivity contribution in [2.45, 2.75) is 26.2 Å². The number of rotatable bonds is 7. The highest BCUT2D eigenvalue weighted by Gasteiger charge is 2.29. The summed E-state index contributed by atoms with van der Waals surface area (Å²) in [6, 6.07) is 20.9. The quantitative estimate of drug-likeness (QED) is 0.414. The number of aromatic nitrogens is 2. The van der Waals surface area contributed by atoms with Gasteiger partial charge >= 0.3 is 11.4 Å². The lowest BCUT2D eigenvalue weighted by atomic mass is 9.96. The van der Waals surface area contributed by atoms with Gasteiger partial charge in [0.1, 0.15) is 12.4 Å². The first kappa shape index (κ1) is 23.4. The van der Waals surface area contributed by atoms with Gasteiger partial charge in [-0.2, -0.15) is 0 Å². The molecule has 0 bridgehead atoms. The summed E-state index contributed by atoms with van der Waals surface area (Å²) in [5, 5.41) is 9.45. The molecule has 2 N–H and O–H groups in total. The fraction of sp³-hybridized carbons (Fsp3) is 0.222. The van der Waals surface area contributed by atoms with Crippen molar-refractivity contribution in [3.63, 3.8) is 0 Å². The molecule has 1 amide bonds. The standard InChI is InChI=1S/C27H25N3O6/c1-17-11-21(25(32)29-14-22(31)15-29)7-10-24(17)20-4-2-3-19(12-20)16-35-23-8-5-18(6-9-23)13-30-26(33)28-27(34)36-30/h2-12,22,31H,13-16H2,1H3,(H,28,33,34). The number of aryl methyl sites for hydroxylation is 1. The second kappa shape index (κ2) is 9.71. The van der Waals surface area contributed by atoms with Crippen molar-refractivity contribution in [2.75, 3.05) is 13.1 Å². The monoisotopic (exact) mass is 487 g/mol. The van der Waals surface area contributed by atoms with Gasteiger partial charge in [0.25, 0.3) is 5.91 Å². The second-order valence-corrected chi connectivity index (χ2v) is 8.87. The van der Waals surface area contributed by atoms with E-state index in [1.807, 2.05) is 43.3 Å². The minimum Gasteiger partial charge on any atom is -0.489 e. The molecule has 4 aromatic rings. The molecule has 9 heteroatoms. The number of ether oxygens (including phenoxy) is 1. The Kier molecular flexibility index (Phi) is 6.30. The summed E-state index contributed by atoms with van der Waals surface area (Å²) in [5.74, 6) is -0.177. The van der Waals surface area contributed by atoms with Crippen LogP contribution in [0.5, 0.6) is 5.75 Å². The molecule has 1 aliphatic rings. The first-order chi connectivity index (χ1) is 17.4. The lowest BCUT2D eigenvalue weighted by Crippen LogP contribution is -2.53. The summed E-state index contributed by atoms with van der Waals surface area (Å²) in [7, 11) is 0. The molecule has 9 nitrogen and oxygen atoms in total. The number of β-amino-alcohol motifs (C(OH)–C–C–N with tert-alkyl or cyclic N) is 1. The minimum atomic E-state index is -0.783. The van der Waals surface area contributed by atoms with Crippen molar-refractivity contribution in [2.24, 2.45) is 0 Å². The number of nitrogens with one attached hydrogen (secondary N) is 1. The Morgan fingerprint density at radius 1 is 1.06 bits per heavy atom. The molecule has 0 radical (unpaired) electrons. The normalized spacial score (nSPS) is 13.4. The van der Waals surface area contributed by atoms with Gasteiger partial charge in [-0.1, -0.05) is 36.4 Å². The maximum absolute atomic E-state index is 12.5. The van der Waals surface area contributed by atoms with Crippen LogP contribution in [0.4, 0.5) is 0 Å². The van der Waals surface area contributed by atoms with E-state index in [-0.39, 0.29) is 12.5 Å². The zero-order chi connectivity index (χ0) is 25.2. The molecule has 0 unspecified atom stereocenters. The lowest BCUT2D eigenvalue weighted by Gasteiger charge is -2.36. The molecule has 1 saturated heterocycles. The van der Waals surface area contributed by atoms with E-state index in [4.69, 9.17) is 9.26 Å². The van der Waals surface area contributed by atoms with Crippen molar-refractivity contribution in [1.82, 2.24) is 14.6 Å². The first-order valence-corrected chi connectivity index (χ1v) is 11.6. The van der Waals surface area contributed by atoms with Gasteiger partial charge in [-0.15, -0.1) is 4.74 Å². The number of benzene rings is 3. The molecular weight excluding hydrogens is 462 g/mol. The molecule has 0 spiro atoms. The van der Waals surface area contributed by atoms with E-state index in [0.717, 1.165) is 32.6 Å². The Hall–Kier alpha value is -4.37. The first-order valence-electron chi connectivity index (χ1n) is 11.6. The van der Waals surface area contributed by atoms with Crippen LogP contribution >= 0.6 is 0 Å². The van der Waals surface area contributed by atoms with Gasteiger partial charge in [-0.05, 0) is 65.1 Å². The van der Waals surface area contributed by atoms with Crippen LogP contribution in [0.25, 0.3) is 11.1 Å². The number of carbonyl (C=O) groups excluding carboxylic acids is 1. The zero-order valence-electron chi connectivity index (χ0n) is 19.6. The largest absolute Gasteiger partial charge is 0.489 e. The summed E-state index contributed by atoms with van der Waals surface area (Å²) in [5.41, 5.74) is 4.87. The predicted molar refractivity (Wildman–Crippen MR) is 132 cm³/mol. The van der Waals surface area contributed by atoms with Crippen LogP contribution in [-0.2, 0) is 13.2 Å². The molecule has 1 aromatic heterocycles. The number of H-pyrrole nitrogens is 1. The van der Waals surface area contributed by atoms with Crippen LogP contribution < -0.4 is 16.2 Å². The Morgan fingerprint density at radius 3 is 2.50 bits per heavy atom.